The number of nitro groups is 1. The molecule has 0 aliphatic heterocycles. The molecule has 0 atom stereocenters. The van der Waals surface area contributed by atoms with E-state index < -0.39 is 10.9 Å². The quantitative estimate of drug-likeness (QED) is 0.283. The third-order valence-corrected chi connectivity index (χ3v) is 7.14. The number of rotatable bonds is 8. The van der Waals surface area contributed by atoms with Crippen LogP contribution in [0.3, 0.4) is 0 Å². The van der Waals surface area contributed by atoms with E-state index in [4.69, 9.17) is 0 Å². The summed E-state index contributed by atoms with van der Waals surface area (Å²) in [6.45, 7) is 0.148. The van der Waals surface area contributed by atoms with E-state index in [1.165, 1.54) is 17.0 Å². The van der Waals surface area contributed by atoms with Crippen LogP contribution in [0.1, 0.15) is 54.8 Å². The Kier molecular flexibility index (Phi) is 8.17. The van der Waals surface area contributed by atoms with Crippen LogP contribution in [0.5, 0.6) is 0 Å². The lowest BCUT2D eigenvalue weighted by Gasteiger charge is -2.24. The van der Waals surface area contributed by atoms with Crippen LogP contribution in [0.2, 0.25) is 0 Å². The van der Waals surface area contributed by atoms with E-state index in [1.54, 1.807) is 18.2 Å². The van der Waals surface area contributed by atoms with Gasteiger partial charge in [-0.25, -0.2) is 4.79 Å². The van der Waals surface area contributed by atoms with Crippen molar-refractivity contribution < 1.29 is 19.6 Å². The summed E-state index contributed by atoms with van der Waals surface area (Å²) < 4.78 is 0. The van der Waals surface area contributed by atoms with E-state index in [0.29, 0.717) is 23.6 Å². The first-order valence-corrected chi connectivity index (χ1v) is 11.7. The van der Waals surface area contributed by atoms with Crippen LogP contribution >= 0.6 is 11.3 Å². The average Bonchev–Trinajstić information content (AvgIpc) is 3.48. The van der Waals surface area contributed by atoms with Gasteiger partial charge >= 0.3 is 5.97 Å². The van der Waals surface area contributed by atoms with E-state index >= 15 is 0 Å². The first kappa shape index (κ1) is 25.1. The molecule has 0 unspecified atom stereocenters. The highest BCUT2D eigenvalue weighted by molar-refractivity contribution is 7.18. The number of carboxylic acid groups (broad SMARTS) is 1. The zero-order valence-corrected chi connectivity index (χ0v) is 18.8. The molecule has 4 rings (SSSR count). The van der Waals surface area contributed by atoms with Crippen molar-refractivity contribution in [3.63, 3.8) is 0 Å². The highest BCUT2D eigenvalue weighted by Gasteiger charge is 2.28. The third-order valence-electron chi connectivity index (χ3n) is 5.98. The van der Waals surface area contributed by atoms with Gasteiger partial charge in [0.25, 0.3) is 5.69 Å². The zero-order valence-electron chi connectivity index (χ0n) is 18.0. The van der Waals surface area contributed by atoms with Gasteiger partial charge in [0.2, 0.25) is 5.91 Å². The van der Waals surface area contributed by atoms with E-state index in [1.807, 2.05) is 30.3 Å². The van der Waals surface area contributed by atoms with E-state index in [-0.39, 0.29) is 30.4 Å². The lowest BCUT2D eigenvalue weighted by Crippen LogP contribution is -2.32. The van der Waals surface area contributed by atoms with Crippen molar-refractivity contribution >= 4 is 34.6 Å². The molecule has 1 aliphatic carbocycles. The molecule has 8 heteroatoms. The number of anilines is 1. The molecule has 2 aromatic carbocycles. The van der Waals surface area contributed by atoms with Crippen LogP contribution in [0.25, 0.3) is 10.4 Å². The smallest absolute Gasteiger partial charge is 0.348 e. The van der Waals surface area contributed by atoms with Crippen molar-refractivity contribution in [2.24, 2.45) is 5.92 Å². The number of aromatic carboxylic acids is 1. The van der Waals surface area contributed by atoms with Crippen LogP contribution < -0.4 is 4.90 Å². The van der Waals surface area contributed by atoms with Crippen LogP contribution in [-0.4, -0.2) is 21.9 Å². The third kappa shape index (κ3) is 5.69. The Morgan fingerprint density at radius 3 is 2.29 bits per heavy atom. The van der Waals surface area contributed by atoms with E-state index in [2.05, 4.69) is 0 Å². The molecule has 1 amide bonds. The topological polar surface area (TPSA) is 101 Å². The summed E-state index contributed by atoms with van der Waals surface area (Å²) >= 11 is 1.14. The minimum absolute atomic E-state index is 0. The first-order valence-electron chi connectivity index (χ1n) is 10.9. The molecule has 0 saturated heterocycles. The summed E-state index contributed by atoms with van der Waals surface area (Å²) in [5.41, 5.74) is 1.92. The first-order chi connectivity index (χ1) is 15.9. The fraction of sp³-hybridized carbons (Fsp3) is 0.308. The van der Waals surface area contributed by atoms with Crippen molar-refractivity contribution in [1.29, 1.82) is 0 Å². The summed E-state index contributed by atoms with van der Waals surface area (Å²) in [6.07, 6.45) is 4.58. The number of amides is 1. The highest BCUT2D eigenvalue weighted by atomic mass is 32.1. The van der Waals surface area contributed by atoms with Gasteiger partial charge < -0.3 is 10.0 Å². The second kappa shape index (κ2) is 11.1. The molecule has 34 heavy (non-hydrogen) atoms. The number of carbonyl (C=O) groups excluding carboxylic acids is 1. The molecule has 0 bridgehead atoms. The maximum Gasteiger partial charge on any atom is 0.348 e. The predicted molar refractivity (Wildman–Crippen MR) is 134 cm³/mol. The molecule has 0 radical (unpaired) electrons. The second-order valence-corrected chi connectivity index (χ2v) is 9.31. The minimum Gasteiger partial charge on any atom is -0.477 e. The number of carbonyl (C=O) groups is 2. The highest BCUT2D eigenvalue weighted by Crippen LogP contribution is 2.39. The Balaban J connectivity index is 0.00000324. The largest absolute Gasteiger partial charge is 0.477 e. The zero-order chi connectivity index (χ0) is 23.4. The van der Waals surface area contributed by atoms with Gasteiger partial charge in [0.15, 0.2) is 0 Å². The van der Waals surface area contributed by atoms with Gasteiger partial charge in [-0.05, 0) is 36.0 Å². The monoisotopic (exact) mass is 480 g/mol. The number of benzene rings is 2. The van der Waals surface area contributed by atoms with Gasteiger partial charge in [0.05, 0.1) is 17.2 Å². The number of hydrogen-bond donors (Lipinski definition) is 1. The molecule has 0 spiro atoms. The molecule has 178 valence electrons. The minimum atomic E-state index is -1.08. The number of carboxylic acids is 1. The number of hydrogen-bond acceptors (Lipinski definition) is 5. The number of nitrogens with zero attached hydrogens (tertiary/aromatic N) is 2. The fourth-order valence-corrected chi connectivity index (χ4v) is 5.27. The van der Waals surface area contributed by atoms with Crippen LogP contribution in [0, 0.1) is 16.0 Å². The van der Waals surface area contributed by atoms with Crippen molar-refractivity contribution in [2.45, 2.75) is 46.1 Å². The molecular weight excluding hydrogens is 452 g/mol. The van der Waals surface area contributed by atoms with Gasteiger partial charge in [-0.2, -0.15) is 0 Å². The molecule has 1 aliphatic rings. The standard InChI is InChI=1S/C25H24N2O5S.CH4/c28-23(14-17-6-4-5-7-17)26(16-18-10-12-20(13-11-18)27(31)32)21-15-22(33-24(21)25(29)30)19-8-2-1-3-9-19;/h1-3,8-13,15,17H,4-7,14,16H2,(H,29,30);1H4. The molecular formula is C26H28N2O5S. The Labute approximate surface area is 202 Å². The maximum atomic E-state index is 13.4. The van der Waals surface area contributed by atoms with Crippen molar-refractivity contribution in [3.05, 3.63) is 81.2 Å². The molecule has 3 aromatic rings. The van der Waals surface area contributed by atoms with Crippen LogP contribution in [0.15, 0.2) is 60.7 Å². The van der Waals surface area contributed by atoms with Gasteiger partial charge in [0.1, 0.15) is 4.88 Å². The normalized spacial score (nSPS) is 13.3. The van der Waals surface area contributed by atoms with Crippen LogP contribution in [0.4, 0.5) is 11.4 Å². The molecule has 1 fully saturated rings. The Bertz CT molecular complexity index is 1150. The number of nitro benzene ring substituents is 1. The maximum absolute atomic E-state index is 13.4. The lowest BCUT2D eigenvalue weighted by molar-refractivity contribution is -0.384. The van der Waals surface area contributed by atoms with E-state index in [9.17, 15) is 24.8 Å². The summed E-state index contributed by atoms with van der Waals surface area (Å²) in [4.78, 5) is 38.5. The summed E-state index contributed by atoms with van der Waals surface area (Å²) in [7, 11) is 0. The second-order valence-electron chi connectivity index (χ2n) is 8.25. The Morgan fingerprint density at radius 2 is 1.71 bits per heavy atom. The molecule has 1 aromatic heterocycles. The summed E-state index contributed by atoms with van der Waals surface area (Å²) in [5, 5.41) is 20.9. The number of non-ortho nitro benzene ring substituents is 1. The molecule has 7 nitrogen and oxygen atoms in total. The molecule has 1 saturated carbocycles. The van der Waals surface area contributed by atoms with Gasteiger partial charge in [-0.15, -0.1) is 11.3 Å². The van der Waals surface area contributed by atoms with Crippen LogP contribution in [-0.2, 0) is 11.3 Å². The molecule has 1 heterocycles. The van der Waals surface area contributed by atoms with Gasteiger partial charge in [-0.3, -0.25) is 14.9 Å². The predicted octanol–water partition coefficient (Wildman–Crippen LogP) is 6.77. The number of thiophene rings is 1. The Morgan fingerprint density at radius 1 is 1.06 bits per heavy atom. The Hall–Kier alpha value is -3.52. The SMILES string of the molecule is C.O=C(O)c1sc(-c2ccccc2)cc1N(Cc1ccc([N+](=O)[O-])cc1)C(=O)CC1CCCC1. The van der Waals surface area contributed by atoms with Crippen molar-refractivity contribution in [1.82, 2.24) is 0 Å². The van der Waals surface area contributed by atoms with Crippen molar-refractivity contribution in [3.8, 4) is 10.4 Å². The van der Waals surface area contributed by atoms with E-state index in [0.717, 1.165) is 47.5 Å². The molecule has 1 N–H and O–H groups in total. The summed E-state index contributed by atoms with van der Waals surface area (Å²) in [5.74, 6) is -0.905. The van der Waals surface area contributed by atoms with Crippen molar-refractivity contribution in [2.75, 3.05) is 4.90 Å². The summed E-state index contributed by atoms with van der Waals surface area (Å²) in [6, 6.07) is 17.3. The van der Waals surface area contributed by atoms with Gasteiger partial charge in [0, 0.05) is 23.4 Å². The lowest BCUT2D eigenvalue weighted by atomic mass is 10.0. The fourth-order valence-electron chi connectivity index (χ4n) is 4.26. The average molecular weight is 481 g/mol. The van der Waals surface area contributed by atoms with Gasteiger partial charge in [-0.1, -0.05) is 62.7 Å².